The van der Waals surface area contributed by atoms with Gasteiger partial charge in [-0.05, 0) is 47.5 Å². The van der Waals surface area contributed by atoms with E-state index in [4.69, 9.17) is 0 Å². The fraction of sp³-hybridized carbons (Fsp3) is 0.429. The topological polar surface area (TPSA) is 0 Å². The van der Waals surface area contributed by atoms with Gasteiger partial charge >= 0.3 is 0 Å². The molecule has 3 aliphatic carbocycles. The maximum atomic E-state index is 2.55. The third-order valence-electron chi connectivity index (χ3n) is 5.29. The van der Waals surface area contributed by atoms with Gasteiger partial charge in [0.1, 0.15) is 0 Å². The van der Waals surface area contributed by atoms with Crippen molar-refractivity contribution in [1.82, 2.24) is 0 Å². The lowest BCUT2D eigenvalue weighted by Gasteiger charge is -2.25. The van der Waals surface area contributed by atoms with Crippen molar-refractivity contribution in [3.8, 4) is 0 Å². The molecule has 1 aromatic heterocycles. The Labute approximate surface area is 137 Å². The highest BCUT2D eigenvalue weighted by molar-refractivity contribution is 7.11. The van der Waals surface area contributed by atoms with Crippen molar-refractivity contribution in [1.29, 1.82) is 0 Å². The van der Waals surface area contributed by atoms with Crippen molar-refractivity contribution in [3.63, 3.8) is 0 Å². The van der Waals surface area contributed by atoms with E-state index >= 15 is 0 Å². The number of rotatable bonds is 1. The number of hydrogen-bond donors (Lipinski definition) is 0. The Hall–Kier alpha value is -1.34. The first-order valence-corrected chi connectivity index (χ1v) is 9.52. The summed E-state index contributed by atoms with van der Waals surface area (Å²) < 4.78 is 1.48. The molecule has 0 saturated heterocycles. The highest BCUT2D eigenvalue weighted by atomic mass is 32.1. The predicted molar refractivity (Wildman–Crippen MR) is 98.9 cm³/mol. The summed E-state index contributed by atoms with van der Waals surface area (Å²) in [5.41, 5.74) is 1.42. The molecule has 22 heavy (non-hydrogen) atoms. The van der Waals surface area contributed by atoms with E-state index in [0.29, 0.717) is 11.8 Å². The molecule has 0 aromatic carbocycles. The van der Waals surface area contributed by atoms with Crippen LogP contribution in [0.2, 0.25) is 0 Å². The molecule has 0 aliphatic heterocycles. The summed E-state index contributed by atoms with van der Waals surface area (Å²) in [4.78, 5) is 1.43. The molecular weight excluding hydrogens is 284 g/mol. The van der Waals surface area contributed by atoms with Gasteiger partial charge in [-0.2, -0.15) is 0 Å². The van der Waals surface area contributed by atoms with E-state index in [1.807, 2.05) is 11.3 Å². The van der Waals surface area contributed by atoms with Gasteiger partial charge in [-0.15, -0.1) is 11.3 Å². The summed E-state index contributed by atoms with van der Waals surface area (Å²) >= 11 is 1.97. The number of thiophene rings is 1. The zero-order valence-corrected chi connectivity index (χ0v) is 14.1. The molecule has 1 heterocycles. The van der Waals surface area contributed by atoms with E-state index in [9.17, 15) is 0 Å². The lowest BCUT2D eigenvalue weighted by Crippen LogP contribution is -2.22. The molecule has 1 heteroatoms. The first-order valence-electron chi connectivity index (χ1n) is 8.71. The summed E-state index contributed by atoms with van der Waals surface area (Å²) in [7, 11) is 0. The Bertz CT molecular complexity index is 751. The molecular formula is C21H24S. The van der Waals surface area contributed by atoms with Gasteiger partial charge in [0, 0.05) is 9.41 Å². The Morgan fingerprint density at radius 3 is 2.68 bits per heavy atom. The molecule has 0 nitrogen and oxygen atoms in total. The highest BCUT2D eigenvalue weighted by Crippen LogP contribution is 2.32. The van der Waals surface area contributed by atoms with Crippen molar-refractivity contribution in [2.75, 3.05) is 0 Å². The normalized spacial score (nSPS) is 27.3. The third-order valence-corrected chi connectivity index (χ3v) is 6.44. The first-order chi connectivity index (χ1) is 10.8. The summed E-state index contributed by atoms with van der Waals surface area (Å²) in [6, 6.07) is 0. The molecule has 0 radical (unpaired) electrons. The maximum Gasteiger partial charge on any atom is 0.0352 e. The number of allylic oxidation sites excluding steroid dienone is 4. The Morgan fingerprint density at radius 2 is 1.82 bits per heavy atom. The molecule has 0 N–H and O–H groups in total. The highest BCUT2D eigenvalue weighted by Gasteiger charge is 2.21. The van der Waals surface area contributed by atoms with Crippen LogP contribution in [-0.2, 0) is 0 Å². The first kappa shape index (κ1) is 14.3. The van der Waals surface area contributed by atoms with E-state index in [2.05, 4.69) is 55.5 Å². The summed E-state index contributed by atoms with van der Waals surface area (Å²) in [6.07, 6.45) is 26.0. The van der Waals surface area contributed by atoms with Crippen LogP contribution in [0.3, 0.4) is 0 Å². The quantitative estimate of drug-likeness (QED) is 0.702. The molecule has 1 saturated carbocycles. The van der Waals surface area contributed by atoms with Gasteiger partial charge in [0.05, 0.1) is 0 Å². The molecule has 1 fully saturated rings. The average Bonchev–Trinajstić information content (AvgIpc) is 2.70. The molecule has 3 aliphatic rings. The van der Waals surface area contributed by atoms with Crippen LogP contribution >= 0.6 is 11.3 Å². The Morgan fingerprint density at radius 1 is 1.00 bits per heavy atom. The van der Waals surface area contributed by atoms with E-state index in [0.717, 1.165) is 5.92 Å². The van der Waals surface area contributed by atoms with Crippen LogP contribution in [0.25, 0.3) is 24.3 Å². The SMILES string of the molecule is C[C@H]1C=Cc2sc3c(c2C=C1)=CC=CC(C1CCCCC1)C=3. The van der Waals surface area contributed by atoms with Crippen molar-refractivity contribution in [3.05, 3.63) is 44.5 Å². The zero-order chi connectivity index (χ0) is 14.9. The molecule has 114 valence electrons. The number of fused-ring (bicyclic) bond motifs is 3. The molecule has 0 amide bonds. The van der Waals surface area contributed by atoms with Gasteiger partial charge in [-0.25, -0.2) is 0 Å². The van der Waals surface area contributed by atoms with E-state index < -0.39 is 0 Å². The van der Waals surface area contributed by atoms with Crippen LogP contribution in [0.1, 0.15) is 49.5 Å². The lowest BCUT2D eigenvalue weighted by atomic mass is 9.80. The second kappa shape index (κ2) is 6.04. The molecule has 1 aromatic rings. The average molecular weight is 308 g/mol. The van der Waals surface area contributed by atoms with Crippen molar-refractivity contribution >= 4 is 35.6 Å². The minimum Gasteiger partial charge on any atom is -0.136 e. The van der Waals surface area contributed by atoms with Crippen LogP contribution in [0, 0.1) is 17.8 Å². The van der Waals surface area contributed by atoms with Crippen LogP contribution in [0.5, 0.6) is 0 Å². The second-order valence-electron chi connectivity index (χ2n) is 6.93. The van der Waals surface area contributed by atoms with E-state index in [1.54, 1.807) is 0 Å². The van der Waals surface area contributed by atoms with Gasteiger partial charge in [0.2, 0.25) is 0 Å². The van der Waals surface area contributed by atoms with E-state index in [-0.39, 0.29) is 0 Å². The summed E-state index contributed by atoms with van der Waals surface area (Å²) in [6.45, 7) is 2.25. The van der Waals surface area contributed by atoms with Gasteiger partial charge in [-0.3, -0.25) is 0 Å². The van der Waals surface area contributed by atoms with Crippen molar-refractivity contribution in [2.45, 2.75) is 39.0 Å². The van der Waals surface area contributed by atoms with Crippen LogP contribution in [-0.4, -0.2) is 0 Å². The van der Waals surface area contributed by atoms with Crippen LogP contribution in [0.15, 0.2) is 24.3 Å². The van der Waals surface area contributed by atoms with E-state index in [1.165, 1.54) is 52.3 Å². The van der Waals surface area contributed by atoms with Gasteiger partial charge in [0.15, 0.2) is 0 Å². The minimum atomic E-state index is 0.538. The number of hydrogen-bond acceptors (Lipinski definition) is 1. The monoisotopic (exact) mass is 308 g/mol. The van der Waals surface area contributed by atoms with Gasteiger partial charge in [-0.1, -0.05) is 68.7 Å². The van der Waals surface area contributed by atoms with Gasteiger partial charge in [0.25, 0.3) is 0 Å². The zero-order valence-electron chi connectivity index (χ0n) is 13.3. The fourth-order valence-corrected chi connectivity index (χ4v) is 5.14. The minimum absolute atomic E-state index is 0.538. The fourth-order valence-electron chi connectivity index (χ4n) is 3.96. The second-order valence-corrected chi connectivity index (χ2v) is 8.01. The van der Waals surface area contributed by atoms with Crippen molar-refractivity contribution < 1.29 is 0 Å². The molecule has 1 unspecified atom stereocenters. The van der Waals surface area contributed by atoms with Crippen LogP contribution < -0.4 is 9.75 Å². The molecule has 0 bridgehead atoms. The lowest BCUT2D eigenvalue weighted by molar-refractivity contribution is 0.327. The standard InChI is InChI=1S/C21H24S/c1-15-10-12-19-18-9-5-8-17(16-6-3-2-4-7-16)14-21(18)22-20(19)13-11-15/h5,8-17H,2-4,6-7H2,1H3/t15-,17?/m1/s1. The summed E-state index contributed by atoms with van der Waals surface area (Å²) in [5, 5.41) is 1.43. The largest absolute Gasteiger partial charge is 0.136 e. The van der Waals surface area contributed by atoms with Gasteiger partial charge < -0.3 is 0 Å². The Kier molecular flexibility index (Phi) is 3.92. The predicted octanol–water partition coefficient (Wildman–Crippen LogP) is 4.75. The molecule has 0 spiro atoms. The summed E-state index contributed by atoms with van der Waals surface area (Å²) in [5.74, 6) is 2.03. The van der Waals surface area contributed by atoms with Crippen LogP contribution in [0.4, 0.5) is 0 Å². The van der Waals surface area contributed by atoms with Crippen molar-refractivity contribution in [2.24, 2.45) is 17.8 Å². The third kappa shape index (κ3) is 2.67. The molecule has 4 rings (SSSR count). The Balaban J connectivity index is 1.77. The maximum absolute atomic E-state index is 2.55. The smallest absolute Gasteiger partial charge is 0.0352 e. The molecule has 2 atom stereocenters.